The van der Waals surface area contributed by atoms with E-state index in [0.29, 0.717) is 18.4 Å². The molecular weight excluding hydrogens is 210 g/mol. The van der Waals surface area contributed by atoms with Crippen LogP contribution >= 0.6 is 0 Å². The molecule has 0 heterocycles. The molecule has 0 amide bonds. The normalized spacial score (nSPS) is 31.7. The van der Waals surface area contributed by atoms with Gasteiger partial charge in [-0.1, -0.05) is 20.8 Å². The number of nitrogens with one attached hydrogen (secondary N) is 1. The fourth-order valence-corrected chi connectivity index (χ4v) is 3.70. The van der Waals surface area contributed by atoms with Gasteiger partial charge < -0.3 is 5.32 Å². The van der Waals surface area contributed by atoms with Gasteiger partial charge in [0, 0.05) is 12.8 Å². The maximum Gasteiger partial charge on any atom is 0.154 e. The highest BCUT2D eigenvalue weighted by Gasteiger charge is 2.51. The molecule has 0 bridgehead atoms. The van der Waals surface area contributed by atoms with Gasteiger partial charge in [-0.15, -0.1) is 0 Å². The highest BCUT2D eigenvalue weighted by atomic mass is 32.2. The zero-order valence-corrected chi connectivity index (χ0v) is 11.0. The fraction of sp³-hybridized carbons (Fsp3) is 1.00. The molecule has 0 saturated heterocycles. The summed E-state index contributed by atoms with van der Waals surface area (Å²) in [5.74, 6) is 1.18. The molecule has 0 aliphatic heterocycles. The molecule has 1 N–H and O–H groups in total. The maximum absolute atomic E-state index is 11.8. The maximum atomic E-state index is 11.8. The highest BCUT2D eigenvalue weighted by molar-refractivity contribution is 7.92. The predicted octanol–water partition coefficient (Wildman–Crippen LogP) is 1.45. The second kappa shape index (κ2) is 4.42. The fourth-order valence-electron chi connectivity index (χ4n) is 2.30. The van der Waals surface area contributed by atoms with Crippen LogP contribution in [0.25, 0.3) is 0 Å². The number of hydrogen-bond donors (Lipinski definition) is 1. The minimum atomic E-state index is -2.93. The summed E-state index contributed by atoms with van der Waals surface area (Å²) in [7, 11) is -2.93. The molecule has 3 nitrogen and oxygen atoms in total. The van der Waals surface area contributed by atoms with E-state index >= 15 is 0 Å². The van der Waals surface area contributed by atoms with Crippen LogP contribution in [-0.2, 0) is 9.84 Å². The second-order valence-electron chi connectivity index (χ2n) is 5.15. The number of hydrogen-bond acceptors (Lipinski definition) is 3. The monoisotopic (exact) mass is 233 g/mol. The van der Waals surface area contributed by atoms with Gasteiger partial charge in [0.15, 0.2) is 9.84 Å². The van der Waals surface area contributed by atoms with Gasteiger partial charge in [0.25, 0.3) is 0 Å². The molecule has 0 radical (unpaired) electrons. The van der Waals surface area contributed by atoms with Crippen molar-refractivity contribution in [2.75, 3.05) is 19.3 Å². The summed E-state index contributed by atoms with van der Waals surface area (Å²) < 4.78 is 23.1. The molecule has 1 rings (SSSR count). The summed E-state index contributed by atoms with van der Waals surface area (Å²) in [6.45, 7) is 7.80. The van der Waals surface area contributed by atoms with Gasteiger partial charge in [0.05, 0.1) is 4.75 Å². The van der Waals surface area contributed by atoms with Crippen molar-refractivity contribution in [3.05, 3.63) is 0 Å². The van der Waals surface area contributed by atoms with Crippen molar-refractivity contribution in [1.82, 2.24) is 5.32 Å². The van der Waals surface area contributed by atoms with E-state index in [9.17, 15) is 8.42 Å². The zero-order valence-electron chi connectivity index (χ0n) is 10.2. The third-order valence-electron chi connectivity index (χ3n) is 3.69. The van der Waals surface area contributed by atoms with Gasteiger partial charge in [0.2, 0.25) is 0 Å². The summed E-state index contributed by atoms with van der Waals surface area (Å²) >= 11 is 0. The van der Waals surface area contributed by atoms with Crippen LogP contribution in [0.15, 0.2) is 0 Å². The third kappa shape index (κ3) is 2.53. The molecule has 0 aromatic carbocycles. The van der Waals surface area contributed by atoms with Crippen molar-refractivity contribution in [2.45, 2.75) is 38.4 Å². The predicted molar refractivity (Wildman–Crippen MR) is 63.7 cm³/mol. The van der Waals surface area contributed by atoms with E-state index in [4.69, 9.17) is 0 Å². The Morgan fingerprint density at radius 1 is 1.40 bits per heavy atom. The molecule has 4 heteroatoms. The number of sulfone groups is 1. The van der Waals surface area contributed by atoms with E-state index in [-0.39, 0.29) is 0 Å². The van der Waals surface area contributed by atoms with Crippen LogP contribution in [0, 0.1) is 11.8 Å². The summed E-state index contributed by atoms with van der Waals surface area (Å²) in [5.41, 5.74) is 0. The van der Waals surface area contributed by atoms with Gasteiger partial charge in [-0.3, -0.25) is 0 Å². The summed E-state index contributed by atoms with van der Waals surface area (Å²) in [5, 5.41) is 3.18. The van der Waals surface area contributed by atoms with E-state index in [1.165, 1.54) is 6.26 Å². The summed E-state index contributed by atoms with van der Waals surface area (Å²) in [6, 6.07) is 0. The lowest BCUT2D eigenvalue weighted by Gasteiger charge is -2.48. The average molecular weight is 233 g/mol. The Morgan fingerprint density at radius 2 is 1.93 bits per heavy atom. The first-order valence-electron chi connectivity index (χ1n) is 5.73. The first-order valence-corrected chi connectivity index (χ1v) is 7.62. The Balaban J connectivity index is 2.68. The first kappa shape index (κ1) is 13.0. The molecule has 1 saturated carbocycles. The smallest absolute Gasteiger partial charge is 0.154 e. The quantitative estimate of drug-likeness (QED) is 0.781. The standard InChI is InChI=1S/C11H23NO2S/c1-5-12-8-11(15(4,13)14)6-10(7-11)9(2)3/h9-10,12H,5-8H2,1-4H3. The van der Waals surface area contributed by atoms with Crippen molar-refractivity contribution in [2.24, 2.45) is 11.8 Å². The molecule has 0 atom stereocenters. The lowest BCUT2D eigenvalue weighted by atomic mass is 9.68. The molecule has 15 heavy (non-hydrogen) atoms. The molecule has 1 fully saturated rings. The van der Waals surface area contributed by atoms with Crippen LogP contribution in [0.1, 0.15) is 33.6 Å². The van der Waals surface area contributed by atoms with Crippen molar-refractivity contribution < 1.29 is 8.42 Å². The van der Waals surface area contributed by atoms with Crippen molar-refractivity contribution in [3.63, 3.8) is 0 Å². The van der Waals surface area contributed by atoms with Gasteiger partial charge >= 0.3 is 0 Å². The highest BCUT2D eigenvalue weighted by Crippen LogP contribution is 2.46. The Labute approximate surface area is 93.6 Å². The molecule has 1 aliphatic rings. The molecule has 1 aliphatic carbocycles. The van der Waals surface area contributed by atoms with Crippen molar-refractivity contribution in [3.8, 4) is 0 Å². The Bertz CT molecular complexity index is 303. The van der Waals surface area contributed by atoms with Crippen LogP contribution in [0.3, 0.4) is 0 Å². The third-order valence-corrected chi connectivity index (χ3v) is 5.75. The van der Waals surface area contributed by atoms with Crippen molar-refractivity contribution in [1.29, 1.82) is 0 Å². The largest absolute Gasteiger partial charge is 0.315 e. The van der Waals surface area contributed by atoms with Crippen molar-refractivity contribution >= 4 is 9.84 Å². The minimum absolute atomic E-state index is 0.474. The van der Waals surface area contributed by atoms with E-state index < -0.39 is 14.6 Å². The van der Waals surface area contributed by atoms with E-state index in [1.807, 2.05) is 6.92 Å². The first-order chi connectivity index (χ1) is 6.82. The summed E-state index contributed by atoms with van der Waals surface area (Å²) in [4.78, 5) is 0. The SMILES string of the molecule is CCNCC1(S(C)(=O)=O)CC(C(C)C)C1. The molecular formula is C11H23NO2S. The lowest BCUT2D eigenvalue weighted by Crippen LogP contribution is -2.57. The van der Waals surface area contributed by atoms with Crippen LogP contribution in [0.4, 0.5) is 0 Å². The van der Waals surface area contributed by atoms with Gasteiger partial charge in [-0.05, 0) is 31.2 Å². The van der Waals surface area contributed by atoms with Crippen LogP contribution < -0.4 is 5.32 Å². The van der Waals surface area contributed by atoms with Crippen LogP contribution in [0.5, 0.6) is 0 Å². The van der Waals surface area contributed by atoms with E-state index in [1.54, 1.807) is 0 Å². The summed E-state index contributed by atoms with van der Waals surface area (Å²) in [6.07, 6.45) is 3.04. The Morgan fingerprint density at radius 3 is 2.27 bits per heavy atom. The topological polar surface area (TPSA) is 46.2 Å². The lowest BCUT2D eigenvalue weighted by molar-refractivity contribution is 0.160. The molecule has 90 valence electrons. The molecule has 0 spiro atoms. The second-order valence-corrected chi connectivity index (χ2v) is 7.56. The molecule has 0 unspecified atom stereocenters. The number of rotatable bonds is 5. The van der Waals surface area contributed by atoms with Gasteiger partial charge in [-0.2, -0.15) is 0 Å². The van der Waals surface area contributed by atoms with E-state index in [2.05, 4.69) is 19.2 Å². The van der Waals surface area contributed by atoms with Gasteiger partial charge in [-0.25, -0.2) is 8.42 Å². The molecule has 0 aromatic heterocycles. The Kier molecular flexibility index (Phi) is 3.82. The van der Waals surface area contributed by atoms with E-state index in [0.717, 1.165) is 19.4 Å². The zero-order chi connectivity index (χ0) is 11.7. The average Bonchev–Trinajstić information content (AvgIpc) is 1.98. The van der Waals surface area contributed by atoms with Crippen LogP contribution in [0.2, 0.25) is 0 Å². The van der Waals surface area contributed by atoms with Gasteiger partial charge in [0.1, 0.15) is 0 Å². The Hall–Kier alpha value is -0.0900. The minimum Gasteiger partial charge on any atom is -0.315 e. The molecule has 0 aromatic rings. The van der Waals surface area contributed by atoms with Crippen LogP contribution in [-0.4, -0.2) is 32.5 Å².